The minimum atomic E-state index is 0.858. The van der Waals surface area contributed by atoms with Crippen LogP contribution in [0.1, 0.15) is 11.1 Å². The fourth-order valence-corrected chi connectivity index (χ4v) is 11.5. The number of nitrogens with zero attached hydrogens (tertiary/aromatic N) is 2. The first-order valence-electron chi connectivity index (χ1n) is 26.6. The van der Waals surface area contributed by atoms with E-state index in [2.05, 4.69) is 303 Å². The number of anilines is 6. The number of aryl methyl sites for hydroxylation is 2. The third kappa shape index (κ3) is 8.37. The molecule has 2 aromatic heterocycles. The van der Waals surface area contributed by atoms with E-state index in [0.29, 0.717) is 0 Å². The number of hydrogen-bond acceptors (Lipinski definition) is 4. The molecule has 4 heteroatoms. The summed E-state index contributed by atoms with van der Waals surface area (Å²) in [5.74, 6) is 0. The van der Waals surface area contributed by atoms with Gasteiger partial charge < -0.3 is 18.6 Å². The van der Waals surface area contributed by atoms with Gasteiger partial charge in [-0.1, -0.05) is 182 Å². The van der Waals surface area contributed by atoms with Gasteiger partial charge in [-0.05, 0) is 167 Å². The second kappa shape index (κ2) is 19.5. The standard InChI is InChI=1S/C74H52N2O2/c1-49-43-55(31-37-67(49)75(69-29-17-15-27-61(69)53-23-11-5-12-24-53)59-35-41-73-65(47-59)63-45-57(33-39-71(63)77-73)51-19-7-3-8-20-51)56-32-38-68(50(2)44-56)76(70-30-18-16-28-62(70)54-25-13-6-14-26-54)60-36-42-74-66(48-60)64-46-58(34-40-72(64)78-74)52-21-9-4-10-22-52/h3-48H,1-2H3. The van der Waals surface area contributed by atoms with Crippen LogP contribution in [0, 0.1) is 13.8 Å². The Hall–Kier alpha value is -10.2. The third-order valence-corrected chi connectivity index (χ3v) is 15.3. The van der Waals surface area contributed by atoms with Gasteiger partial charge in [0, 0.05) is 55.4 Å². The summed E-state index contributed by atoms with van der Waals surface area (Å²) in [6, 6.07) is 100.0. The van der Waals surface area contributed by atoms with Crippen molar-refractivity contribution in [3.63, 3.8) is 0 Å². The van der Waals surface area contributed by atoms with Crippen molar-refractivity contribution in [2.75, 3.05) is 9.80 Å². The molecular formula is C74H52N2O2. The molecule has 12 aromatic carbocycles. The zero-order valence-electron chi connectivity index (χ0n) is 43.3. The average molecular weight is 1000 g/mol. The number of para-hydroxylation sites is 2. The van der Waals surface area contributed by atoms with Crippen LogP contribution in [0.2, 0.25) is 0 Å². The molecule has 78 heavy (non-hydrogen) atoms. The molecule has 4 nitrogen and oxygen atoms in total. The lowest BCUT2D eigenvalue weighted by Crippen LogP contribution is -2.13. The Morgan fingerprint density at radius 3 is 0.923 bits per heavy atom. The molecule has 0 aliphatic rings. The molecular weight excluding hydrogens is 949 g/mol. The highest BCUT2D eigenvalue weighted by molar-refractivity contribution is 6.10. The predicted molar refractivity (Wildman–Crippen MR) is 327 cm³/mol. The van der Waals surface area contributed by atoms with Gasteiger partial charge in [-0.3, -0.25) is 0 Å². The van der Waals surface area contributed by atoms with E-state index in [0.717, 1.165) is 134 Å². The number of fused-ring (bicyclic) bond motifs is 6. The lowest BCUT2D eigenvalue weighted by atomic mass is 9.96. The molecule has 0 amide bonds. The second-order valence-corrected chi connectivity index (χ2v) is 20.2. The largest absolute Gasteiger partial charge is 0.456 e. The molecule has 370 valence electrons. The Morgan fingerprint density at radius 2 is 0.538 bits per heavy atom. The first-order valence-corrected chi connectivity index (χ1v) is 26.6. The molecule has 0 aliphatic carbocycles. The molecule has 0 radical (unpaired) electrons. The molecule has 0 saturated carbocycles. The topological polar surface area (TPSA) is 32.8 Å². The van der Waals surface area contributed by atoms with Gasteiger partial charge >= 0.3 is 0 Å². The fourth-order valence-electron chi connectivity index (χ4n) is 11.5. The van der Waals surface area contributed by atoms with Gasteiger partial charge in [0.25, 0.3) is 0 Å². The van der Waals surface area contributed by atoms with E-state index >= 15 is 0 Å². The highest BCUT2D eigenvalue weighted by Gasteiger charge is 2.24. The minimum absolute atomic E-state index is 0.858. The van der Waals surface area contributed by atoms with Gasteiger partial charge in [-0.15, -0.1) is 0 Å². The quantitative estimate of drug-likeness (QED) is 0.129. The van der Waals surface area contributed by atoms with Crippen molar-refractivity contribution < 1.29 is 8.83 Å². The van der Waals surface area contributed by atoms with E-state index < -0.39 is 0 Å². The van der Waals surface area contributed by atoms with Crippen LogP contribution in [0.4, 0.5) is 34.1 Å². The summed E-state index contributed by atoms with van der Waals surface area (Å²) in [5, 5.41) is 4.32. The first kappa shape index (κ1) is 46.4. The van der Waals surface area contributed by atoms with E-state index in [4.69, 9.17) is 8.83 Å². The third-order valence-electron chi connectivity index (χ3n) is 15.3. The maximum atomic E-state index is 6.50. The van der Waals surface area contributed by atoms with Gasteiger partial charge in [0.05, 0.1) is 11.4 Å². The smallest absolute Gasteiger partial charge is 0.135 e. The van der Waals surface area contributed by atoms with Crippen LogP contribution in [-0.2, 0) is 0 Å². The molecule has 0 saturated heterocycles. The summed E-state index contributed by atoms with van der Waals surface area (Å²) >= 11 is 0. The van der Waals surface area contributed by atoms with Crippen molar-refractivity contribution in [2.45, 2.75) is 13.8 Å². The van der Waals surface area contributed by atoms with Gasteiger partial charge in [0.15, 0.2) is 0 Å². The minimum Gasteiger partial charge on any atom is -0.456 e. The van der Waals surface area contributed by atoms with Crippen molar-refractivity contribution in [1.82, 2.24) is 0 Å². The average Bonchev–Trinajstić information content (AvgIpc) is 4.24. The van der Waals surface area contributed by atoms with E-state index in [9.17, 15) is 0 Å². The number of furan rings is 2. The SMILES string of the molecule is Cc1cc(-c2ccc(N(c3ccc4oc5ccc(-c6ccccc6)cc5c4c3)c3ccccc3-c3ccccc3)c(C)c2)ccc1N(c1ccc2oc3ccc(-c4ccccc4)cc3c2c1)c1ccccc1-c1ccccc1. The van der Waals surface area contributed by atoms with Crippen LogP contribution in [0.25, 0.3) is 99.5 Å². The molecule has 14 aromatic rings. The summed E-state index contributed by atoms with van der Waals surface area (Å²) in [6.07, 6.45) is 0. The molecule has 0 aliphatic heterocycles. The molecule has 2 heterocycles. The van der Waals surface area contributed by atoms with E-state index in [1.807, 2.05) is 0 Å². The zero-order chi connectivity index (χ0) is 52.1. The number of benzene rings is 12. The van der Waals surface area contributed by atoms with Gasteiger partial charge in [-0.2, -0.15) is 0 Å². The molecule has 0 spiro atoms. The van der Waals surface area contributed by atoms with E-state index in [1.54, 1.807) is 0 Å². The fraction of sp³-hybridized carbons (Fsp3) is 0.0270. The van der Waals surface area contributed by atoms with Crippen molar-refractivity contribution in [1.29, 1.82) is 0 Å². The monoisotopic (exact) mass is 1000 g/mol. The first-order chi connectivity index (χ1) is 38.5. The lowest BCUT2D eigenvalue weighted by molar-refractivity contribution is 0.668. The summed E-state index contributed by atoms with van der Waals surface area (Å²) in [4.78, 5) is 4.83. The van der Waals surface area contributed by atoms with Gasteiger partial charge in [-0.25, -0.2) is 0 Å². The molecule has 0 bridgehead atoms. The predicted octanol–water partition coefficient (Wildman–Crippen LogP) is 21.4. The maximum absolute atomic E-state index is 6.50. The number of hydrogen-bond donors (Lipinski definition) is 0. The van der Waals surface area contributed by atoms with E-state index in [-0.39, 0.29) is 0 Å². The Kier molecular flexibility index (Phi) is 11.6. The highest BCUT2D eigenvalue weighted by Crippen LogP contribution is 2.47. The van der Waals surface area contributed by atoms with Gasteiger partial charge in [0.2, 0.25) is 0 Å². The molecule has 0 N–H and O–H groups in total. The van der Waals surface area contributed by atoms with Crippen molar-refractivity contribution in [3.8, 4) is 55.6 Å². The van der Waals surface area contributed by atoms with E-state index in [1.165, 1.54) is 11.1 Å². The summed E-state index contributed by atoms with van der Waals surface area (Å²) in [5.41, 5.74) is 23.7. The van der Waals surface area contributed by atoms with Gasteiger partial charge in [0.1, 0.15) is 22.3 Å². The van der Waals surface area contributed by atoms with Crippen LogP contribution in [0.15, 0.2) is 288 Å². The second-order valence-electron chi connectivity index (χ2n) is 20.2. The zero-order valence-corrected chi connectivity index (χ0v) is 43.3. The van der Waals surface area contributed by atoms with Crippen LogP contribution in [-0.4, -0.2) is 0 Å². The summed E-state index contributed by atoms with van der Waals surface area (Å²) < 4.78 is 13.0. The Bertz CT molecular complexity index is 4230. The van der Waals surface area contributed by atoms with Crippen molar-refractivity contribution in [3.05, 3.63) is 290 Å². The van der Waals surface area contributed by atoms with Crippen LogP contribution in [0.3, 0.4) is 0 Å². The highest BCUT2D eigenvalue weighted by atomic mass is 16.3. The Labute approximate surface area is 454 Å². The van der Waals surface area contributed by atoms with Crippen LogP contribution < -0.4 is 9.80 Å². The Morgan fingerprint density at radius 1 is 0.231 bits per heavy atom. The van der Waals surface area contributed by atoms with Crippen LogP contribution >= 0.6 is 0 Å². The normalized spacial score (nSPS) is 11.5. The van der Waals surface area contributed by atoms with Crippen molar-refractivity contribution in [2.24, 2.45) is 0 Å². The number of rotatable bonds is 11. The molecule has 0 fully saturated rings. The Balaban J connectivity index is 0.883. The van der Waals surface area contributed by atoms with Crippen LogP contribution in [0.5, 0.6) is 0 Å². The maximum Gasteiger partial charge on any atom is 0.135 e. The summed E-state index contributed by atoms with van der Waals surface area (Å²) in [7, 11) is 0. The lowest BCUT2D eigenvalue weighted by Gasteiger charge is -2.30. The molecule has 14 rings (SSSR count). The van der Waals surface area contributed by atoms with Crippen molar-refractivity contribution >= 4 is 78.0 Å². The molecule has 0 atom stereocenters. The molecule has 0 unspecified atom stereocenters. The summed E-state index contributed by atoms with van der Waals surface area (Å²) in [6.45, 7) is 4.47.